The van der Waals surface area contributed by atoms with Crippen LogP contribution in [0, 0.1) is 6.92 Å². The van der Waals surface area contributed by atoms with Gasteiger partial charge in [-0.3, -0.25) is 0 Å². The molecule has 30 heavy (non-hydrogen) atoms. The second-order valence-electron chi connectivity index (χ2n) is 8.20. The fraction of sp³-hybridized carbons (Fsp3) is 0.320. The Morgan fingerprint density at radius 2 is 1.87 bits per heavy atom. The fourth-order valence-electron chi connectivity index (χ4n) is 4.75. The lowest BCUT2D eigenvalue weighted by Gasteiger charge is -2.36. The van der Waals surface area contributed by atoms with E-state index in [2.05, 4.69) is 29.6 Å². The number of amides is 2. The number of thiophene rings is 1. The molecule has 1 aliphatic heterocycles. The van der Waals surface area contributed by atoms with E-state index < -0.39 is 0 Å². The largest absolute Gasteiger partial charge is 0.322 e. The van der Waals surface area contributed by atoms with Gasteiger partial charge in [-0.05, 0) is 73.4 Å². The summed E-state index contributed by atoms with van der Waals surface area (Å²) in [7, 11) is 0. The zero-order valence-electron chi connectivity index (χ0n) is 17.1. The van der Waals surface area contributed by atoms with Crippen molar-refractivity contribution in [3.63, 3.8) is 0 Å². The monoisotopic (exact) mass is 436 g/mol. The third kappa shape index (κ3) is 3.52. The first-order chi connectivity index (χ1) is 14.6. The van der Waals surface area contributed by atoms with Crippen molar-refractivity contribution in [3.05, 3.63) is 85.6 Å². The van der Waals surface area contributed by atoms with E-state index in [1.807, 2.05) is 47.4 Å². The van der Waals surface area contributed by atoms with Crippen LogP contribution in [0.1, 0.15) is 50.9 Å². The maximum Gasteiger partial charge on any atom is 0.322 e. The molecule has 3 aromatic rings. The number of nitrogens with one attached hydrogen (secondary N) is 1. The Balaban J connectivity index is 1.53. The Morgan fingerprint density at radius 1 is 1.07 bits per heavy atom. The molecule has 0 spiro atoms. The minimum atomic E-state index is -0.0637. The second kappa shape index (κ2) is 8.09. The predicted octanol–water partition coefficient (Wildman–Crippen LogP) is 6.77. The van der Waals surface area contributed by atoms with Gasteiger partial charge in [0.2, 0.25) is 0 Å². The number of aryl methyl sites for hydroxylation is 2. The Hall–Kier alpha value is -2.30. The Kier molecular flexibility index (Phi) is 5.30. The van der Waals surface area contributed by atoms with Gasteiger partial charge in [0.15, 0.2) is 0 Å². The van der Waals surface area contributed by atoms with E-state index in [0.29, 0.717) is 5.02 Å². The molecule has 5 rings (SSSR count). The molecule has 1 aliphatic carbocycles. The molecule has 2 aromatic carbocycles. The maximum absolute atomic E-state index is 13.4. The maximum atomic E-state index is 13.4. The van der Waals surface area contributed by atoms with Crippen LogP contribution in [0.15, 0.2) is 48.5 Å². The molecule has 0 bridgehead atoms. The summed E-state index contributed by atoms with van der Waals surface area (Å²) in [6, 6.07) is 16.0. The van der Waals surface area contributed by atoms with Crippen molar-refractivity contribution in [1.82, 2.24) is 4.90 Å². The third-order valence-corrected chi connectivity index (χ3v) is 7.91. The van der Waals surface area contributed by atoms with E-state index in [1.165, 1.54) is 41.7 Å². The van der Waals surface area contributed by atoms with Gasteiger partial charge in [-0.15, -0.1) is 11.3 Å². The highest BCUT2D eigenvalue weighted by Crippen LogP contribution is 2.45. The molecule has 2 heterocycles. The van der Waals surface area contributed by atoms with Crippen molar-refractivity contribution in [2.75, 3.05) is 11.9 Å². The lowest BCUT2D eigenvalue weighted by molar-refractivity contribution is 0.195. The van der Waals surface area contributed by atoms with Gasteiger partial charge >= 0.3 is 6.03 Å². The summed E-state index contributed by atoms with van der Waals surface area (Å²) in [5.41, 5.74) is 6.04. The number of fused-ring (bicyclic) bond motifs is 3. The number of hydrogen-bond donors (Lipinski definition) is 1. The van der Waals surface area contributed by atoms with Crippen molar-refractivity contribution in [3.8, 4) is 0 Å². The number of benzene rings is 2. The average Bonchev–Trinajstić information content (AvgIpc) is 3.15. The summed E-state index contributed by atoms with van der Waals surface area (Å²) in [5.74, 6) is 0. The van der Waals surface area contributed by atoms with E-state index in [9.17, 15) is 4.79 Å². The van der Waals surface area contributed by atoms with Crippen LogP contribution in [-0.2, 0) is 19.3 Å². The Labute approximate surface area is 186 Å². The van der Waals surface area contributed by atoms with Crippen molar-refractivity contribution in [1.29, 1.82) is 0 Å². The number of carbonyl (C=O) groups is 1. The standard InChI is InChI=1S/C25H25ClN2OS/c1-16-11-12-18(26)15-21(16)27-25(29)28-14-13-20-19-9-5-6-10-22(19)30-24(20)23(28)17-7-3-2-4-8-17/h2-4,7-8,11-12,15,23H,5-6,9-10,13-14H2,1H3,(H,27,29). The second-order valence-corrected chi connectivity index (χ2v) is 9.77. The molecular weight excluding hydrogens is 412 g/mol. The van der Waals surface area contributed by atoms with E-state index in [4.69, 9.17) is 11.6 Å². The first-order valence-corrected chi connectivity index (χ1v) is 11.8. The quantitative estimate of drug-likeness (QED) is 0.472. The van der Waals surface area contributed by atoms with Gasteiger partial charge in [0.25, 0.3) is 0 Å². The van der Waals surface area contributed by atoms with Crippen molar-refractivity contribution in [2.24, 2.45) is 0 Å². The predicted molar refractivity (Wildman–Crippen MR) is 125 cm³/mol. The molecule has 0 saturated heterocycles. The third-order valence-electron chi connectivity index (χ3n) is 6.29. The minimum absolute atomic E-state index is 0.0370. The molecule has 1 aromatic heterocycles. The van der Waals surface area contributed by atoms with E-state index >= 15 is 0 Å². The molecule has 0 fully saturated rings. The van der Waals surface area contributed by atoms with Crippen LogP contribution in [0.5, 0.6) is 0 Å². The van der Waals surface area contributed by atoms with Crippen LogP contribution in [-0.4, -0.2) is 17.5 Å². The highest BCUT2D eigenvalue weighted by atomic mass is 35.5. The number of rotatable bonds is 2. The van der Waals surface area contributed by atoms with Gasteiger partial charge in [0.05, 0.1) is 6.04 Å². The number of carbonyl (C=O) groups excluding carboxylic acids is 1. The van der Waals surface area contributed by atoms with E-state index in [-0.39, 0.29) is 12.1 Å². The number of nitrogens with zero attached hydrogens (tertiary/aromatic N) is 1. The summed E-state index contributed by atoms with van der Waals surface area (Å²) in [5, 5.41) is 3.75. The summed E-state index contributed by atoms with van der Waals surface area (Å²) in [4.78, 5) is 18.3. The molecular formula is C25H25ClN2OS. The first-order valence-electron chi connectivity index (χ1n) is 10.6. The first kappa shape index (κ1) is 19.7. The van der Waals surface area contributed by atoms with Crippen LogP contribution in [0.3, 0.4) is 0 Å². The molecule has 154 valence electrons. The molecule has 1 N–H and O–H groups in total. The van der Waals surface area contributed by atoms with Gasteiger partial charge < -0.3 is 10.2 Å². The zero-order chi connectivity index (χ0) is 20.7. The fourth-order valence-corrected chi connectivity index (χ4v) is 6.51. The van der Waals surface area contributed by atoms with Gasteiger partial charge in [0.1, 0.15) is 0 Å². The highest BCUT2D eigenvalue weighted by molar-refractivity contribution is 7.12. The molecule has 1 atom stereocenters. The minimum Gasteiger partial charge on any atom is -0.312 e. The van der Waals surface area contributed by atoms with Gasteiger partial charge in [0, 0.05) is 27.0 Å². The topological polar surface area (TPSA) is 32.3 Å². The van der Waals surface area contributed by atoms with Gasteiger partial charge in [-0.2, -0.15) is 0 Å². The van der Waals surface area contributed by atoms with Gasteiger partial charge in [-0.1, -0.05) is 48.0 Å². The van der Waals surface area contributed by atoms with Gasteiger partial charge in [-0.25, -0.2) is 4.79 Å². The van der Waals surface area contributed by atoms with Crippen LogP contribution >= 0.6 is 22.9 Å². The van der Waals surface area contributed by atoms with Crippen LogP contribution in [0.2, 0.25) is 5.02 Å². The lowest BCUT2D eigenvalue weighted by atomic mass is 9.88. The van der Waals surface area contributed by atoms with Crippen molar-refractivity contribution >= 4 is 34.7 Å². The van der Waals surface area contributed by atoms with Crippen LogP contribution < -0.4 is 5.32 Å². The average molecular weight is 437 g/mol. The zero-order valence-corrected chi connectivity index (χ0v) is 18.7. The van der Waals surface area contributed by atoms with Crippen LogP contribution in [0.25, 0.3) is 0 Å². The summed E-state index contributed by atoms with van der Waals surface area (Å²) >= 11 is 8.10. The lowest BCUT2D eigenvalue weighted by Crippen LogP contribution is -2.42. The van der Waals surface area contributed by atoms with Crippen molar-refractivity contribution in [2.45, 2.75) is 45.1 Å². The molecule has 5 heteroatoms. The summed E-state index contributed by atoms with van der Waals surface area (Å²) in [6.07, 6.45) is 5.87. The molecule has 2 amide bonds. The Bertz CT molecular complexity index is 1090. The number of anilines is 1. The number of urea groups is 1. The molecule has 2 aliphatic rings. The SMILES string of the molecule is Cc1ccc(Cl)cc1NC(=O)N1CCc2c(sc3c2CCCC3)C1c1ccccc1. The van der Waals surface area contributed by atoms with Crippen LogP contribution in [0.4, 0.5) is 10.5 Å². The normalized spacial score (nSPS) is 17.9. The summed E-state index contributed by atoms with van der Waals surface area (Å²) < 4.78 is 0. The van der Waals surface area contributed by atoms with E-state index in [1.54, 1.807) is 10.4 Å². The molecule has 1 unspecified atom stereocenters. The smallest absolute Gasteiger partial charge is 0.312 e. The highest BCUT2D eigenvalue weighted by Gasteiger charge is 2.36. The molecule has 3 nitrogen and oxygen atoms in total. The Morgan fingerprint density at radius 3 is 2.70 bits per heavy atom. The summed E-state index contributed by atoms with van der Waals surface area (Å²) in [6.45, 7) is 2.71. The molecule has 0 radical (unpaired) electrons. The number of halogens is 1. The van der Waals surface area contributed by atoms with Crippen molar-refractivity contribution < 1.29 is 4.79 Å². The molecule has 0 saturated carbocycles. The number of hydrogen-bond acceptors (Lipinski definition) is 2. The van der Waals surface area contributed by atoms with E-state index in [0.717, 1.165) is 24.2 Å².